The Morgan fingerprint density at radius 2 is 1.69 bits per heavy atom. The second-order valence-electron chi connectivity index (χ2n) is 9.64. The molecule has 1 N–H and O–H groups in total. The first-order valence-electron chi connectivity index (χ1n) is 11.6. The number of hydrogen-bond acceptors (Lipinski definition) is 4. The van der Waals surface area contributed by atoms with Crippen LogP contribution in [0.3, 0.4) is 0 Å². The van der Waals surface area contributed by atoms with Gasteiger partial charge in [-0.1, -0.05) is 54.9 Å². The molecule has 0 aliphatic rings. The van der Waals surface area contributed by atoms with Crippen LogP contribution in [0.1, 0.15) is 45.2 Å². The van der Waals surface area contributed by atoms with E-state index in [4.69, 9.17) is 11.6 Å². The molecule has 1 atom stereocenters. The van der Waals surface area contributed by atoms with Gasteiger partial charge in [0.25, 0.3) is 0 Å². The molecule has 192 valence electrons. The maximum absolute atomic E-state index is 13.7. The standard InChI is InChI=1S/C26H36ClN3O4S/c1-7-22(25(32)28-26(3,4)5)29(17-16-20-12-9-8-10-13-20)24(31)18-30(35(6,33)34)23-15-11-14-21(27)19(23)2/h8-15,22H,7,16-18H2,1-6H3,(H,28,32)/t22-/m0/s1. The summed E-state index contributed by atoms with van der Waals surface area (Å²) in [6.45, 7) is 9.01. The van der Waals surface area contributed by atoms with Crippen molar-refractivity contribution in [2.24, 2.45) is 0 Å². The summed E-state index contributed by atoms with van der Waals surface area (Å²) in [6, 6.07) is 13.8. The second-order valence-corrected chi connectivity index (χ2v) is 12.0. The van der Waals surface area contributed by atoms with Crippen LogP contribution in [0.4, 0.5) is 5.69 Å². The van der Waals surface area contributed by atoms with Crippen LogP contribution in [0.5, 0.6) is 0 Å². The number of halogens is 1. The van der Waals surface area contributed by atoms with Crippen LogP contribution in [0.2, 0.25) is 5.02 Å². The molecular weight excluding hydrogens is 486 g/mol. The molecule has 0 saturated heterocycles. The molecule has 2 amide bonds. The van der Waals surface area contributed by atoms with Crippen molar-refractivity contribution in [3.63, 3.8) is 0 Å². The molecule has 0 aliphatic carbocycles. The number of anilines is 1. The lowest BCUT2D eigenvalue weighted by molar-refractivity contribution is -0.140. The van der Waals surface area contributed by atoms with Gasteiger partial charge in [-0.25, -0.2) is 8.42 Å². The highest BCUT2D eigenvalue weighted by molar-refractivity contribution is 7.92. The predicted molar refractivity (Wildman–Crippen MR) is 142 cm³/mol. The Bertz CT molecular complexity index is 1130. The highest BCUT2D eigenvalue weighted by Crippen LogP contribution is 2.28. The Balaban J connectivity index is 2.42. The third kappa shape index (κ3) is 8.25. The summed E-state index contributed by atoms with van der Waals surface area (Å²) in [5.74, 6) is -0.729. The Morgan fingerprint density at radius 1 is 1.06 bits per heavy atom. The molecule has 7 nitrogen and oxygen atoms in total. The van der Waals surface area contributed by atoms with Crippen molar-refractivity contribution in [3.8, 4) is 0 Å². The fraction of sp³-hybridized carbons (Fsp3) is 0.462. The van der Waals surface area contributed by atoms with Gasteiger partial charge in [-0.2, -0.15) is 0 Å². The third-order valence-corrected chi connectivity index (χ3v) is 7.09. The van der Waals surface area contributed by atoms with Crippen LogP contribution in [0.15, 0.2) is 48.5 Å². The normalized spacial score (nSPS) is 12.7. The molecule has 2 aromatic rings. The van der Waals surface area contributed by atoms with E-state index in [9.17, 15) is 18.0 Å². The van der Waals surface area contributed by atoms with Crippen molar-refractivity contribution < 1.29 is 18.0 Å². The first-order chi connectivity index (χ1) is 16.2. The molecule has 0 heterocycles. The maximum atomic E-state index is 13.7. The number of carbonyl (C=O) groups is 2. The lowest BCUT2D eigenvalue weighted by Crippen LogP contribution is -2.56. The highest BCUT2D eigenvalue weighted by Gasteiger charge is 2.33. The number of rotatable bonds is 10. The highest BCUT2D eigenvalue weighted by atomic mass is 35.5. The van der Waals surface area contributed by atoms with Crippen molar-refractivity contribution in [3.05, 3.63) is 64.7 Å². The van der Waals surface area contributed by atoms with Crippen LogP contribution in [0, 0.1) is 6.92 Å². The average Bonchev–Trinajstić information content (AvgIpc) is 2.75. The number of sulfonamides is 1. The zero-order chi connectivity index (χ0) is 26.4. The van der Waals surface area contributed by atoms with Crippen LogP contribution >= 0.6 is 11.6 Å². The molecule has 0 bridgehead atoms. The fourth-order valence-corrected chi connectivity index (χ4v) is 4.88. The minimum atomic E-state index is -3.81. The SMILES string of the molecule is CC[C@@H](C(=O)NC(C)(C)C)N(CCc1ccccc1)C(=O)CN(c1cccc(Cl)c1C)S(C)(=O)=O. The van der Waals surface area contributed by atoms with E-state index in [1.807, 2.05) is 58.0 Å². The number of nitrogens with zero attached hydrogens (tertiary/aromatic N) is 2. The van der Waals surface area contributed by atoms with Gasteiger partial charge < -0.3 is 10.2 Å². The number of carbonyl (C=O) groups excluding carboxylic acids is 2. The zero-order valence-corrected chi connectivity index (χ0v) is 22.9. The molecule has 2 aromatic carbocycles. The topological polar surface area (TPSA) is 86.8 Å². The number of hydrogen-bond donors (Lipinski definition) is 1. The van der Waals surface area contributed by atoms with Crippen molar-refractivity contribution >= 4 is 39.1 Å². The Morgan fingerprint density at radius 3 is 2.23 bits per heavy atom. The quantitative estimate of drug-likeness (QED) is 0.508. The Hall–Kier alpha value is -2.58. The van der Waals surface area contributed by atoms with E-state index in [1.165, 1.54) is 4.90 Å². The molecular formula is C26H36ClN3O4S. The van der Waals surface area contributed by atoms with Gasteiger partial charge in [0.2, 0.25) is 21.8 Å². The number of nitrogens with one attached hydrogen (secondary N) is 1. The Labute approximate surface area is 214 Å². The summed E-state index contributed by atoms with van der Waals surface area (Å²) in [5.41, 5.74) is 1.43. The van der Waals surface area contributed by atoms with E-state index in [-0.39, 0.29) is 12.5 Å². The molecule has 0 spiro atoms. The molecule has 35 heavy (non-hydrogen) atoms. The van der Waals surface area contributed by atoms with Gasteiger partial charge in [-0.15, -0.1) is 0 Å². The van der Waals surface area contributed by atoms with Crippen LogP contribution in [0.25, 0.3) is 0 Å². The summed E-state index contributed by atoms with van der Waals surface area (Å²) >= 11 is 6.23. The summed E-state index contributed by atoms with van der Waals surface area (Å²) in [6.07, 6.45) is 1.97. The van der Waals surface area contributed by atoms with Gasteiger partial charge in [0.1, 0.15) is 12.6 Å². The molecule has 9 heteroatoms. The van der Waals surface area contributed by atoms with Crippen molar-refractivity contribution in [1.29, 1.82) is 0 Å². The summed E-state index contributed by atoms with van der Waals surface area (Å²) in [5, 5.41) is 3.36. The minimum absolute atomic E-state index is 0.269. The van der Waals surface area contributed by atoms with Gasteiger partial charge in [-0.05, 0) is 63.8 Å². The van der Waals surface area contributed by atoms with Gasteiger partial charge >= 0.3 is 0 Å². The van der Waals surface area contributed by atoms with E-state index >= 15 is 0 Å². The van der Waals surface area contributed by atoms with Crippen LogP contribution in [-0.2, 0) is 26.0 Å². The third-order valence-electron chi connectivity index (χ3n) is 5.56. The van der Waals surface area contributed by atoms with Crippen molar-refractivity contribution in [2.45, 2.75) is 59.0 Å². The van der Waals surface area contributed by atoms with E-state index in [1.54, 1.807) is 25.1 Å². The summed E-state index contributed by atoms with van der Waals surface area (Å²) in [4.78, 5) is 28.3. The number of amides is 2. The molecule has 2 rings (SSSR count). The van der Waals surface area contributed by atoms with E-state index in [0.717, 1.165) is 16.1 Å². The predicted octanol–water partition coefficient (Wildman–Crippen LogP) is 4.18. The molecule has 0 saturated carbocycles. The monoisotopic (exact) mass is 521 g/mol. The zero-order valence-electron chi connectivity index (χ0n) is 21.3. The van der Waals surface area contributed by atoms with E-state index in [2.05, 4.69) is 5.32 Å². The fourth-order valence-electron chi connectivity index (χ4n) is 3.81. The molecule has 0 aliphatic heterocycles. The number of benzene rings is 2. The largest absolute Gasteiger partial charge is 0.350 e. The smallest absolute Gasteiger partial charge is 0.244 e. The minimum Gasteiger partial charge on any atom is -0.350 e. The molecule has 0 aromatic heterocycles. The lowest BCUT2D eigenvalue weighted by Gasteiger charge is -2.34. The van der Waals surface area contributed by atoms with Gasteiger partial charge in [0.15, 0.2) is 0 Å². The molecule has 0 radical (unpaired) electrons. The van der Waals surface area contributed by atoms with E-state index in [0.29, 0.717) is 29.1 Å². The van der Waals surface area contributed by atoms with Crippen LogP contribution in [-0.4, -0.2) is 56.1 Å². The van der Waals surface area contributed by atoms with E-state index < -0.39 is 34.1 Å². The van der Waals surface area contributed by atoms with Crippen molar-refractivity contribution in [2.75, 3.05) is 23.7 Å². The van der Waals surface area contributed by atoms with Crippen molar-refractivity contribution in [1.82, 2.24) is 10.2 Å². The molecule has 0 fully saturated rings. The summed E-state index contributed by atoms with van der Waals surface area (Å²) < 4.78 is 26.5. The van der Waals surface area contributed by atoms with Gasteiger partial charge in [0, 0.05) is 17.1 Å². The Kier molecular flexibility index (Phi) is 9.75. The first kappa shape index (κ1) is 28.7. The van der Waals surface area contributed by atoms with Gasteiger partial charge in [-0.3, -0.25) is 13.9 Å². The van der Waals surface area contributed by atoms with Crippen LogP contribution < -0.4 is 9.62 Å². The maximum Gasteiger partial charge on any atom is 0.244 e. The first-order valence-corrected chi connectivity index (χ1v) is 13.9. The van der Waals surface area contributed by atoms with Gasteiger partial charge in [0.05, 0.1) is 11.9 Å². The molecule has 0 unspecified atom stereocenters. The summed E-state index contributed by atoms with van der Waals surface area (Å²) in [7, 11) is -3.81. The lowest BCUT2D eigenvalue weighted by atomic mass is 10.1. The second kappa shape index (κ2) is 11.9. The average molecular weight is 522 g/mol.